The molecule has 4 rings (SSSR count). The van der Waals surface area contributed by atoms with Gasteiger partial charge in [0.25, 0.3) is 5.91 Å². The maximum absolute atomic E-state index is 13.0. The number of hydrazone groups is 1. The van der Waals surface area contributed by atoms with E-state index in [9.17, 15) is 9.18 Å². The van der Waals surface area contributed by atoms with E-state index in [1.54, 1.807) is 22.2 Å². The molecule has 4 aromatic rings. The zero-order chi connectivity index (χ0) is 19.3. The van der Waals surface area contributed by atoms with E-state index >= 15 is 0 Å². The minimum atomic E-state index is -0.413. The molecule has 0 aliphatic carbocycles. The van der Waals surface area contributed by atoms with Crippen molar-refractivity contribution in [3.05, 3.63) is 95.3 Å². The number of thiophene rings is 1. The van der Waals surface area contributed by atoms with Gasteiger partial charge in [-0.2, -0.15) is 10.2 Å². The van der Waals surface area contributed by atoms with Crippen molar-refractivity contribution in [2.45, 2.75) is 0 Å². The van der Waals surface area contributed by atoms with Crippen LogP contribution in [0, 0.1) is 5.82 Å². The minimum Gasteiger partial charge on any atom is -0.267 e. The number of rotatable bonds is 5. The molecule has 0 atom stereocenters. The fourth-order valence-electron chi connectivity index (χ4n) is 2.63. The predicted octanol–water partition coefficient (Wildman–Crippen LogP) is 4.50. The predicted molar refractivity (Wildman–Crippen MR) is 108 cm³/mol. The van der Waals surface area contributed by atoms with Gasteiger partial charge in [0.1, 0.15) is 11.5 Å². The molecule has 0 radical (unpaired) electrons. The summed E-state index contributed by atoms with van der Waals surface area (Å²) >= 11 is 1.58. The zero-order valence-corrected chi connectivity index (χ0v) is 15.4. The highest BCUT2D eigenvalue weighted by atomic mass is 32.1. The summed E-state index contributed by atoms with van der Waals surface area (Å²) in [5, 5.41) is 10.7. The molecule has 0 aliphatic rings. The molecule has 0 saturated heterocycles. The highest BCUT2D eigenvalue weighted by Crippen LogP contribution is 2.26. The van der Waals surface area contributed by atoms with Crippen molar-refractivity contribution in [3.63, 3.8) is 0 Å². The summed E-state index contributed by atoms with van der Waals surface area (Å²) in [6.07, 6.45) is 3.42. The van der Waals surface area contributed by atoms with Crippen LogP contribution in [-0.2, 0) is 0 Å². The van der Waals surface area contributed by atoms with Crippen molar-refractivity contribution in [3.8, 4) is 16.3 Å². The molecule has 0 saturated carbocycles. The molecule has 0 unspecified atom stereocenters. The molecule has 0 bridgehead atoms. The zero-order valence-electron chi connectivity index (χ0n) is 14.6. The molecule has 2 heterocycles. The standard InChI is InChI=1S/C21H15FN4OS/c22-17-10-8-15(9-11-17)21(27)24-23-13-16-14-26(18-5-2-1-3-6-18)25-20(16)19-7-4-12-28-19/h1-14H,(H,24,27)/b23-13-. The third-order valence-corrected chi connectivity index (χ3v) is 4.87. The van der Waals surface area contributed by atoms with Crippen LogP contribution < -0.4 is 5.43 Å². The molecule has 2 aromatic carbocycles. The van der Waals surface area contributed by atoms with E-state index in [1.807, 2.05) is 54.0 Å². The summed E-state index contributed by atoms with van der Waals surface area (Å²) in [7, 11) is 0. The molecule has 0 fully saturated rings. The first kappa shape index (κ1) is 17.8. The fourth-order valence-corrected chi connectivity index (χ4v) is 3.36. The van der Waals surface area contributed by atoms with Crippen molar-refractivity contribution in [2.24, 2.45) is 5.10 Å². The summed E-state index contributed by atoms with van der Waals surface area (Å²) in [6.45, 7) is 0. The molecule has 7 heteroatoms. The molecule has 28 heavy (non-hydrogen) atoms. The quantitative estimate of drug-likeness (QED) is 0.403. The van der Waals surface area contributed by atoms with Crippen LogP contribution in [0.5, 0.6) is 0 Å². The second-order valence-corrected chi connectivity index (χ2v) is 6.84. The number of nitrogens with zero attached hydrogens (tertiary/aromatic N) is 3. The molecule has 0 spiro atoms. The SMILES string of the molecule is O=C(N/N=C\c1cn(-c2ccccc2)nc1-c1cccs1)c1ccc(F)cc1. The Morgan fingerprint density at radius 1 is 1.07 bits per heavy atom. The summed E-state index contributed by atoms with van der Waals surface area (Å²) in [5.41, 5.74) is 5.27. The lowest BCUT2D eigenvalue weighted by Gasteiger charge is -1.99. The van der Waals surface area contributed by atoms with E-state index in [-0.39, 0.29) is 0 Å². The maximum Gasteiger partial charge on any atom is 0.271 e. The van der Waals surface area contributed by atoms with Crippen molar-refractivity contribution in [1.29, 1.82) is 0 Å². The van der Waals surface area contributed by atoms with Gasteiger partial charge in [0.2, 0.25) is 0 Å². The topological polar surface area (TPSA) is 59.3 Å². The van der Waals surface area contributed by atoms with Gasteiger partial charge in [0.15, 0.2) is 0 Å². The highest BCUT2D eigenvalue weighted by molar-refractivity contribution is 7.13. The molecular formula is C21H15FN4OS. The Morgan fingerprint density at radius 3 is 2.57 bits per heavy atom. The molecule has 0 aliphatic heterocycles. The number of nitrogens with one attached hydrogen (secondary N) is 1. The lowest BCUT2D eigenvalue weighted by molar-refractivity contribution is 0.0955. The largest absolute Gasteiger partial charge is 0.271 e. The number of amides is 1. The van der Waals surface area contributed by atoms with Crippen molar-refractivity contribution in [1.82, 2.24) is 15.2 Å². The molecular weight excluding hydrogens is 375 g/mol. The Hall–Kier alpha value is -3.58. The smallest absolute Gasteiger partial charge is 0.267 e. The van der Waals surface area contributed by atoms with Crippen molar-refractivity contribution >= 4 is 23.5 Å². The van der Waals surface area contributed by atoms with Crippen molar-refractivity contribution in [2.75, 3.05) is 0 Å². The number of para-hydroxylation sites is 1. The van der Waals surface area contributed by atoms with Gasteiger partial charge >= 0.3 is 0 Å². The van der Waals surface area contributed by atoms with Crippen LogP contribution in [-0.4, -0.2) is 21.9 Å². The number of aromatic nitrogens is 2. The number of carbonyl (C=O) groups is 1. The number of carbonyl (C=O) groups excluding carboxylic acids is 1. The highest BCUT2D eigenvalue weighted by Gasteiger charge is 2.12. The van der Waals surface area contributed by atoms with E-state index < -0.39 is 11.7 Å². The van der Waals surface area contributed by atoms with Gasteiger partial charge in [-0.3, -0.25) is 4.79 Å². The summed E-state index contributed by atoms with van der Waals surface area (Å²) in [4.78, 5) is 13.1. The lowest BCUT2D eigenvalue weighted by atomic mass is 10.2. The van der Waals surface area contributed by atoms with Crippen LogP contribution in [0.1, 0.15) is 15.9 Å². The normalized spacial score (nSPS) is 11.0. The van der Waals surface area contributed by atoms with E-state index in [0.29, 0.717) is 5.56 Å². The summed E-state index contributed by atoms with van der Waals surface area (Å²) < 4.78 is 14.8. The van der Waals surface area contributed by atoms with Gasteiger partial charge in [0.05, 0.1) is 16.8 Å². The Labute approximate surface area is 164 Å². The van der Waals surface area contributed by atoms with Gasteiger partial charge in [0, 0.05) is 17.3 Å². The Bertz CT molecular complexity index is 1100. The minimum absolute atomic E-state index is 0.331. The monoisotopic (exact) mass is 390 g/mol. The first-order chi connectivity index (χ1) is 13.7. The van der Waals surface area contributed by atoms with Crippen molar-refractivity contribution < 1.29 is 9.18 Å². The molecule has 1 N–H and O–H groups in total. The second kappa shape index (κ2) is 7.98. The third kappa shape index (κ3) is 3.89. The molecule has 138 valence electrons. The van der Waals surface area contributed by atoms with E-state index in [0.717, 1.165) is 21.8 Å². The number of benzene rings is 2. The molecule has 5 nitrogen and oxygen atoms in total. The summed E-state index contributed by atoms with van der Waals surface area (Å²) in [6, 6.07) is 19.0. The average molecular weight is 390 g/mol. The van der Waals surface area contributed by atoms with Crippen LogP contribution >= 0.6 is 11.3 Å². The van der Waals surface area contributed by atoms with Gasteiger partial charge in [-0.25, -0.2) is 14.5 Å². The van der Waals surface area contributed by atoms with Crippen LogP contribution in [0.4, 0.5) is 4.39 Å². The van der Waals surface area contributed by atoms with E-state index in [2.05, 4.69) is 15.6 Å². The first-order valence-corrected chi connectivity index (χ1v) is 9.36. The Morgan fingerprint density at radius 2 is 1.86 bits per heavy atom. The number of halogens is 1. The van der Waals surface area contributed by atoms with Crippen LogP contribution in [0.3, 0.4) is 0 Å². The maximum atomic E-state index is 13.0. The van der Waals surface area contributed by atoms with Gasteiger partial charge < -0.3 is 0 Å². The lowest BCUT2D eigenvalue weighted by Crippen LogP contribution is -2.17. The Balaban J connectivity index is 1.59. The van der Waals surface area contributed by atoms with Gasteiger partial charge in [-0.05, 0) is 47.8 Å². The van der Waals surface area contributed by atoms with Crippen LogP contribution in [0.2, 0.25) is 0 Å². The Kier molecular flexibility index (Phi) is 5.07. The molecule has 2 aromatic heterocycles. The second-order valence-electron chi connectivity index (χ2n) is 5.90. The van der Waals surface area contributed by atoms with E-state index in [4.69, 9.17) is 0 Å². The number of hydrogen-bond donors (Lipinski definition) is 1. The number of hydrogen-bond acceptors (Lipinski definition) is 4. The first-order valence-electron chi connectivity index (χ1n) is 8.48. The van der Waals surface area contributed by atoms with Gasteiger partial charge in [-0.1, -0.05) is 24.3 Å². The molecule has 1 amide bonds. The fraction of sp³-hybridized carbons (Fsp3) is 0. The van der Waals surface area contributed by atoms with E-state index in [1.165, 1.54) is 24.3 Å². The van der Waals surface area contributed by atoms with Gasteiger partial charge in [-0.15, -0.1) is 11.3 Å². The summed E-state index contributed by atoms with van der Waals surface area (Å²) in [5.74, 6) is -0.807. The third-order valence-electron chi connectivity index (χ3n) is 3.99. The van der Waals surface area contributed by atoms with Crippen LogP contribution in [0.15, 0.2) is 83.4 Å². The average Bonchev–Trinajstić information content (AvgIpc) is 3.39. The van der Waals surface area contributed by atoms with Crippen LogP contribution in [0.25, 0.3) is 16.3 Å².